The molecule has 0 saturated heterocycles. The molecule has 29 heavy (non-hydrogen) atoms. The summed E-state index contributed by atoms with van der Waals surface area (Å²) in [6.45, 7) is 0.197. The molecule has 2 heterocycles. The molecule has 2 aliphatic rings. The largest absolute Gasteiger partial charge is 0.503 e. The van der Waals surface area contributed by atoms with E-state index in [0.717, 1.165) is 31.7 Å². The number of pyridine rings is 1. The lowest BCUT2D eigenvalue weighted by Gasteiger charge is -2.36. The summed E-state index contributed by atoms with van der Waals surface area (Å²) in [5, 5.41) is 12.8. The van der Waals surface area contributed by atoms with Gasteiger partial charge in [-0.05, 0) is 24.8 Å². The summed E-state index contributed by atoms with van der Waals surface area (Å²) in [7, 11) is 0. The number of aromatic nitrogens is 1. The van der Waals surface area contributed by atoms with Gasteiger partial charge in [-0.25, -0.2) is 8.78 Å². The van der Waals surface area contributed by atoms with Crippen molar-refractivity contribution in [2.75, 3.05) is 0 Å². The van der Waals surface area contributed by atoms with Gasteiger partial charge >= 0.3 is 0 Å². The van der Waals surface area contributed by atoms with Crippen molar-refractivity contribution in [1.82, 2.24) is 9.88 Å². The SMILES string of the molecule is O=C(NCc1ccc(F)cc1F)c1cn2c(c(O)c1=O)C(=O)C1CCCCC1C2. The number of nitrogens with zero attached hydrogens (tertiary/aromatic N) is 1. The van der Waals surface area contributed by atoms with Crippen molar-refractivity contribution in [2.24, 2.45) is 11.8 Å². The van der Waals surface area contributed by atoms with E-state index in [4.69, 9.17) is 0 Å². The lowest BCUT2D eigenvalue weighted by molar-refractivity contribution is 0.0737. The highest BCUT2D eigenvalue weighted by atomic mass is 19.1. The molecule has 2 aromatic rings. The maximum atomic E-state index is 13.7. The zero-order valence-electron chi connectivity index (χ0n) is 15.6. The van der Waals surface area contributed by atoms with Gasteiger partial charge < -0.3 is 15.0 Å². The van der Waals surface area contributed by atoms with Crippen LogP contribution < -0.4 is 10.7 Å². The second-order valence-corrected chi connectivity index (χ2v) is 7.66. The number of hydrogen-bond acceptors (Lipinski definition) is 4. The Balaban J connectivity index is 1.61. The van der Waals surface area contributed by atoms with E-state index in [0.29, 0.717) is 12.6 Å². The molecule has 4 rings (SSSR count). The van der Waals surface area contributed by atoms with E-state index in [9.17, 15) is 28.3 Å². The monoisotopic (exact) mass is 402 g/mol. The van der Waals surface area contributed by atoms with Crippen LogP contribution in [0, 0.1) is 23.5 Å². The molecule has 1 aromatic carbocycles. The fourth-order valence-corrected chi connectivity index (χ4v) is 4.35. The van der Waals surface area contributed by atoms with Gasteiger partial charge in [0, 0.05) is 36.8 Å². The van der Waals surface area contributed by atoms with Crippen LogP contribution in [0.3, 0.4) is 0 Å². The number of amides is 1. The molecular weight excluding hydrogens is 382 g/mol. The van der Waals surface area contributed by atoms with E-state index in [-0.39, 0.29) is 41.0 Å². The minimum absolute atomic E-state index is 0.0423. The Kier molecular flexibility index (Phi) is 4.94. The summed E-state index contributed by atoms with van der Waals surface area (Å²) in [6.07, 6.45) is 4.87. The molecule has 1 fully saturated rings. The second kappa shape index (κ2) is 7.42. The van der Waals surface area contributed by atoms with Crippen LogP contribution in [0.2, 0.25) is 0 Å². The third-order valence-electron chi connectivity index (χ3n) is 5.87. The highest BCUT2D eigenvalue weighted by molar-refractivity contribution is 6.01. The van der Waals surface area contributed by atoms with Crippen molar-refractivity contribution in [2.45, 2.75) is 38.8 Å². The predicted octanol–water partition coefficient (Wildman–Crippen LogP) is 2.76. The van der Waals surface area contributed by atoms with Crippen LogP contribution in [-0.2, 0) is 13.1 Å². The smallest absolute Gasteiger partial charge is 0.257 e. The fourth-order valence-electron chi connectivity index (χ4n) is 4.35. The molecule has 2 unspecified atom stereocenters. The predicted molar refractivity (Wildman–Crippen MR) is 99.7 cm³/mol. The molecule has 2 N–H and O–H groups in total. The zero-order valence-corrected chi connectivity index (χ0v) is 15.6. The van der Waals surface area contributed by atoms with Gasteiger partial charge in [0.1, 0.15) is 22.9 Å². The topological polar surface area (TPSA) is 88.4 Å². The van der Waals surface area contributed by atoms with Crippen LogP contribution in [-0.4, -0.2) is 21.4 Å². The minimum atomic E-state index is -0.934. The first-order valence-electron chi connectivity index (χ1n) is 9.59. The van der Waals surface area contributed by atoms with E-state index in [2.05, 4.69) is 5.32 Å². The summed E-state index contributed by atoms with van der Waals surface area (Å²) in [6, 6.07) is 2.97. The minimum Gasteiger partial charge on any atom is -0.503 e. The summed E-state index contributed by atoms with van der Waals surface area (Å²) in [4.78, 5) is 37.8. The quantitative estimate of drug-likeness (QED) is 0.826. The van der Waals surface area contributed by atoms with Gasteiger partial charge in [-0.3, -0.25) is 14.4 Å². The van der Waals surface area contributed by atoms with Crippen LogP contribution in [0.4, 0.5) is 8.78 Å². The number of Topliss-reactive ketones (excluding diaryl/α,β-unsaturated/α-hetero) is 1. The normalized spacial score (nSPS) is 20.7. The molecular formula is C21H20F2N2O4. The Morgan fingerprint density at radius 3 is 2.72 bits per heavy atom. The Morgan fingerprint density at radius 1 is 1.21 bits per heavy atom. The van der Waals surface area contributed by atoms with Crippen LogP contribution in [0.5, 0.6) is 5.75 Å². The zero-order chi connectivity index (χ0) is 20.7. The number of ketones is 1. The molecule has 1 aromatic heterocycles. The molecule has 2 atom stereocenters. The number of fused-ring (bicyclic) bond motifs is 2. The van der Waals surface area contributed by atoms with E-state index in [1.807, 2.05) is 0 Å². The molecule has 6 nitrogen and oxygen atoms in total. The molecule has 1 amide bonds. The number of benzene rings is 1. The van der Waals surface area contributed by atoms with E-state index in [1.54, 1.807) is 0 Å². The number of nitrogens with one attached hydrogen (secondary N) is 1. The maximum Gasteiger partial charge on any atom is 0.257 e. The lowest BCUT2D eigenvalue weighted by Crippen LogP contribution is -2.40. The Bertz CT molecular complexity index is 1060. The van der Waals surface area contributed by atoms with Gasteiger partial charge in [0.15, 0.2) is 11.5 Å². The first-order chi connectivity index (χ1) is 13.9. The number of aromatic hydroxyl groups is 1. The van der Waals surface area contributed by atoms with Crippen molar-refractivity contribution in [1.29, 1.82) is 0 Å². The number of hydrogen-bond donors (Lipinski definition) is 2. The average Bonchev–Trinajstić information content (AvgIpc) is 2.70. The van der Waals surface area contributed by atoms with E-state index >= 15 is 0 Å². The van der Waals surface area contributed by atoms with Gasteiger partial charge in [-0.1, -0.05) is 18.9 Å². The van der Waals surface area contributed by atoms with Crippen molar-refractivity contribution in [3.63, 3.8) is 0 Å². The summed E-state index contributed by atoms with van der Waals surface area (Å²) in [5.74, 6) is -3.41. The first kappa shape index (κ1) is 19.3. The molecule has 0 spiro atoms. The molecule has 8 heteroatoms. The van der Waals surface area contributed by atoms with Crippen molar-refractivity contribution in [3.8, 4) is 5.75 Å². The Labute approximate surface area is 165 Å². The highest BCUT2D eigenvalue weighted by Gasteiger charge is 2.39. The lowest BCUT2D eigenvalue weighted by atomic mass is 9.74. The number of halogens is 2. The Hall–Kier alpha value is -3.03. The van der Waals surface area contributed by atoms with Gasteiger partial charge in [-0.15, -0.1) is 0 Å². The Morgan fingerprint density at radius 2 is 1.97 bits per heavy atom. The number of carbonyl (C=O) groups is 2. The summed E-state index contributed by atoms with van der Waals surface area (Å²) in [5.41, 5.74) is -1.24. The van der Waals surface area contributed by atoms with Crippen molar-refractivity contribution in [3.05, 3.63) is 63.1 Å². The number of rotatable bonds is 3. The number of carbonyl (C=O) groups excluding carboxylic acids is 2. The van der Waals surface area contributed by atoms with Gasteiger partial charge in [0.2, 0.25) is 5.43 Å². The van der Waals surface area contributed by atoms with E-state index in [1.165, 1.54) is 16.8 Å². The standard InChI is InChI=1S/C21H20F2N2O4/c22-13-6-5-11(16(23)7-13)8-24-21(29)15-10-25-9-12-3-1-2-4-14(12)18(26)17(25)20(28)19(15)27/h5-7,10,12,14,28H,1-4,8-9H2,(H,24,29). The summed E-state index contributed by atoms with van der Waals surface area (Å²) < 4.78 is 28.2. The first-order valence-corrected chi connectivity index (χ1v) is 9.59. The average molecular weight is 402 g/mol. The molecule has 1 aliphatic heterocycles. The molecule has 152 valence electrons. The molecule has 1 aliphatic carbocycles. The maximum absolute atomic E-state index is 13.7. The van der Waals surface area contributed by atoms with Crippen LogP contribution in [0.15, 0.2) is 29.2 Å². The molecule has 0 radical (unpaired) electrons. The fraction of sp³-hybridized carbons (Fsp3) is 0.381. The van der Waals surface area contributed by atoms with Gasteiger partial charge in [0.25, 0.3) is 5.91 Å². The summed E-state index contributed by atoms with van der Waals surface area (Å²) >= 11 is 0. The molecule has 0 bridgehead atoms. The van der Waals surface area contributed by atoms with Crippen LogP contribution in [0.25, 0.3) is 0 Å². The second-order valence-electron chi connectivity index (χ2n) is 7.66. The van der Waals surface area contributed by atoms with Crippen LogP contribution in [0.1, 0.15) is 52.1 Å². The third kappa shape index (κ3) is 3.43. The van der Waals surface area contributed by atoms with Gasteiger partial charge in [0.05, 0.1) is 0 Å². The van der Waals surface area contributed by atoms with Crippen LogP contribution >= 0.6 is 0 Å². The van der Waals surface area contributed by atoms with E-state index < -0.39 is 28.7 Å². The molecule has 1 saturated carbocycles. The van der Waals surface area contributed by atoms with Crippen molar-refractivity contribution >= 4 is 11.7 Å². The van der Waals surface area contributed by atoms with Gasteiger partial charge in [-0.2, -0.15) is 0 Å². The third-order valence-corrected chi connectivity index (χ3v) is 5.87. The van der Waals surface area contributed by atoms with Crippen molar-refractivity contribution < 1.29 is 23.5 Å². The highest BCUT2D eigenvalue weighted by Crippen LogP contribution is 2.38.